The van der Waals surface area contributed by atoms with Crippen molar-refractivity contribution in [1.82, 2.24) is 9.88 Å². The fourth-order valence-electron chi connectivity index (χ4n) is 2.33. The summed E-state index contributed by atoms with van der Waals surface area (Å²) in [5.41, 5.74) is 6.47. The molecule has 0 aliphatic carbocycles. The van der Waals surface area contributed by atoms with E-state index >= 15 is 0 Å². The van der Waals surface area contributed by atoms with Crippen LogP contribution in [0.25, 0.3) is 0 Å². The van der Waals surface area contributed by atoms with Gasteiger partial charge in [-0.05, 0) is 25.3 Å². The molecule has 2 rings (SSSR count). The average molecular weight is 298 g/mol. The van der Waals surface area contributed by atoms with Crippen molar-refractivity contribution in [3.63, 3.8) is 0 Å². The molecule has 1 aromatic rings. The number of likely N-dealkylation sites (tertiary alicyclic amines) is 1. The maximum atomic E-state index is 12.5. The van der Waals surface area contributed by atoms with E-state index < -0.39 is 0 Å². The highest BCUT2D eigenvalue weighted by atomic mass is 35.5. The standard InChI is InChI=1S/C14H20ClN3O2/c1-2-6-20-11-4-3-5-18(9-11)14(19)12-7-10(16)8-17-13(12)15/h7-8,11H,2-6,9,16H2,1H3. The number of piperidine rings is 1. The summed E-state index contributed by atoms with van der Waals surface area (Å²) in [5, 5.41) is 0.195. The van der Waals surface area contributed by atoms with Crippen molar-refractivity contribution in [2.75, 3.05) is 25.4 Å². The smallest absolute Gasteiger partial charge is 0.257 e. The number of anilines is 1. The molecule has 0 radical (unpaired) electrons. The van der Waals surface area contributed by atoms with Crippen LogP contribution >= 0.6 is 11.6 Å². The Bertz CT molecular complexity index is 481. The van der Waals surface area contributed by atoms with Crippen LogP contribution in [0, 0.1) is 0 Å². The van der Waals surface area contributed by atoms with Crippen LogP contribution in [-0.4, -0.2) is 41.6 Å². The van der Waals surface area contributed by atoms with Crippen molar-refractivity contribution in [3.8, 4) is 0 Å². The normalized spacial score (nSPS) is 19.1. The predicted octanol–water partition coefficient (Wildman–Crippen LogP) is 2.35. The highest BCUT2D eigenvalue weighted by Gasteiger charge is 2.26. The van der Waals surface area contributed by atoms with Crippen LogP contribution < -0.4 is 5.73 Å². The fourth-order valence-corrected chi connectivity index (χ4v) is 2.51. The minimum atomic E-state index is -0.125. The lowest BCUT2D eigenvalue weighted by atomic mass is 10.1. The number of carbonyl (C=O) groups is 1. The van der Waals surface area contributed by atoms with E-state index in [1.165, 1.54) is 6.20 Å². The largest absolute Gasteiger partial charge is 0.397 e. The minimum Gasteiger partial charge on any atom is -0.397 e. The van der Waals surface area contributed by atoms with Gasteiger partial charge in [0, 0.05) is 19.7 Å². The number of rotatable bonds is 4. The molecule has 110 valence electrons. The molecule has 5 nitrogen and oxygen atoms in total. The van der Waals surface area contributed by atoms with Crippen molar-refractivity contribution in [1.29, 1.82) is 0 Å². The number of carbonyl (C=O) groups excluding carboxylic acids is 1. The summed E-state index contributed by atoms with van der Waals surface area (Å²) >= 11 is 5.98. The number of hydrogen-bond donors (Lipinski definition) is 1. The number of nitrogen functional groups attached to an aromatic ring is 1. The number of hydrogen-bond acceptors (Lipinski definition) is 4. The number of ether oxygens (including phenoxy) is 1. The molecule has 2 N–H and O–H groups in total. The topological polar surface area (TPSA) is 68.5 Å². The molecule has 1 saturated heterocycles. The van der Waals surface area contributed by atoms with Crippen LogP contribution in [0.1, 0.15) is 36.5 Å². The monoisotopic (exact) mass is 297 g/mol. The molecule has 6 heteroatoms. The van der Waals surface area contributed by atoms with Gasteiger partial charge >= 0.3 is 0 Å². The predicted molar refractivity (Wildman–Crippen MR) is 78.8 cm³/mol. The second kappa shape index (κ2) is 6.90. The number of pyridine rings is 1. The lowest BCUT2D eigenvalue weighted by Gasteiger charge is -2.32. The van der Waals surface area contributed by atoms with Crippen molar-refractivity contribution < 1.29 is 9.53 Å². The zero-order valence-corrected chi connectivity index (χ0v) is 12.4. The molecule has 0 saturated carbocycles. The van der Waals surface area contributed by atoms with Crippen LogP contribution in [0.2, 0.25) is 5.15 Å². The van der Waals surface area contributed by atoms with Gasteiger partial charge in [-0.15, -0.1) is 0 Å². The Morgan fingerprint density at radius 3 is 3.20 bits per heavy atom. The summed E-state index contributed by atoms with van der Waals surface area (Å²) < 4.78 is 5.74. The van der Waals surface area contributed by atoms with Crippen LogP contribution in [0.3, 0.4) is 0 Å². The first-order valence-electron chi connectivity index (χ1n) is 6.93. The van der Waals surface area contributed by atoms with E-state index in [0.29, 0.717) is 17.8 Å². The first-order chi connectivity index (χ1) is 9.61. The van der Waals surface area contributed by atoms with Gasteiger partial charge in [-0.1, -0.05) is 18.5 Å². The van der Waals surface area contributed by atoms with Crippen molar-refractivity contribution in [2.45, 2.75) is 32.3 Å². The molecule has 1 unspecified atom stereocenters. The van der Waals surface area contributed by atoms with Crippen LogP contribution in [0.15, 0.2) is 12.3 Å². The van der Waals surface area contributed by atoms with Crippen LogP contribution in [0.5, 0.6) is 0 Å². The van der Waals surface area contributed by atoms with Gasteiger partial charge < -0.3 is 15.4 Å². The summed E-state index contributed by atoms with van der Waals surface area (Å²) in [5.74, 6) is -0.125. The Balaban J connectivity index is 2.06. The van der Waals surface area contributed by atoms with Gasteiger partial charge in [0.1, 0.15) is 5.15 Å². The molecule has 0 bridgehead atoms. The van der Waals surface area contributed by atoms with Crippen molar-refractivity contribution >= 4 is 23.2 Å². The summed E-state index contributed by atoms with van der Waals surface area (Å²) in [7, 11) is 0. The molecule has 2 heterocycles. The van der Waals surface area contributed by atoms with E-state index in [1.54, 1.807) is 11.0 Å². The third kappa shape index (κ3) is 3.61. The number of aromatic nitrogens is 1. The second-order valence-electron chi connectivity index (χ2n) is 4.99. The van der Waals surface area contributed by atoms with E-state index in [0.717, 1.165) is 32.4 Å². The van der Waals surface area contributed by atoms with Gasteiger partial charge in [-0.3, -0.25) is 4.79 Å². The molecule has 1 aliphatic heterocycles. The Hall–Kier alpha value is -1.33. The molecular formula is C14H20ClN3O2. The average Bonchev–Trinajstić information content (AvgIpc) is 2.47. The molecule has 1 aromatic heterocycles. The first kappa shape index (κ1) is 15.1. The quantitative estimate of drug-likeness (QED) is 0.866. The van der Waals surface area contributed by atoms with Crippen LogP contribution in [0.4, 0.5) is 5.69 Å². The minimum absolute atomic E-state index is 0.112. The summed E-state index contributed by atoms with van der Waals surface area (Å²) in [6.45, 7) is 4.12. The summed E-state index contributed by atoms with van der Waals surface area (Å²) in [6, 6.07) is 1.58. The van der Waals surface area contributed by atoms with E-state index in [2.05, 4.69) is 11.9 Å². The third-order valence-electron chi connectivity index (χ3n) is 3.31. The van der Waals surface area contributed by atoms with E-state index in [9.17, 15) is 4.79 Å². The Labute approximate surface area is 124 Å². The van der Waals surface area contributed by atoms with E-state index in [-0.39, 0.29) is 17.2 Å². The molecule has 0 spiro atoms. The molecular weight excluding hydrogens is 278 g/mol. The van der Waals surface area contributed by atoms with E-state index in [4.69, 9.17) is 22.1 Å². The van der Waals surface area contributed by atoms with Crippen LogP contribution in [-0.2, 0) is 4.74 Å². The second-order valence-corrected chi connectivity index (χ2v) is 5.35. The fraction of sp³-hybridized carbons (Fsp3) is 0.571. The van der Waals surface area contributed by atoms with Gasteiger partial charge in [-0.2, -0.15) is 0 Å². The highest BCUT2D eigenvalue weighted by molar-refractivity contribution is 6.32. The van der Waals surface area contributed by atoms with Gasteiger partial charge in [-0.25, -0.2) is 4.98 Å². The molecule has 0 aromatic carbocycles. The maximum absolute atomic E-state index is 12.5. The lowest BCUT2D eigenvalue weighted by molar-refractivity contribution is 0.00210. The van der Waals surface area contributed by atoms with Gasteiger partial charge in [0.2, 0.25) is 0 Å². The van der Waals surface area contributed by atoms with Crippen molar-refractivity contribution in [2.24, 2.45) is 0 Å². The lowest BCUT2D eigenvalue weighted by Crippen LogP contribution is -2.43. The number of amides is 1. The zero-order chi connectivity index (χ0) is 14.5. The number of halogens is 1. The van der Waals surface area contributed by atoms with E-state index in [1.807, 2.05) is 0 Å². The highest BCUT2D eigenvalue weighted by Crippen LogP contribution is 2.21. The summed E-state index contributed by atoms with van der Waals surface area (Å²) in [4.78, 5) is 18.2. The van der Waals surface area contributed by atoms with Gasteiger partial charge in [0.25, 0.3) is 5.91 Å². The third-order valence-corrected chi connectivity index (χ3v) is 3.61. The Morgan fingerprint density at radius 1 is 1.65 bits per heavy atom. The molecule has 1 fully saturated rings. The molecule has 20 heavy (non-hydrogen) atoms. The molecule has 1 amide bonds. The maximum Gasteiger partial charge on any atom is 0.257 e. The molecule has 1 atom stereocenters. The van der Waals surface area contributed by atoms with Gasteiger partial charge in [0.05, 0.1) is 23.6 Å². The SMILES string of the molecule is CCCOC1CCCN(C(=O)c2cc(N)cnc2Cl)C1. The number of nitrogens with zero attached hydrogens (tertiary/aromatic N) is 2. The Morgan fingerprint density at radius 2 is 2.45 bits per heavy atom. The molecule has 1 aliphatic rings. The zero-order valence-electron chi connectivity index (χ0n) is 11.6. The van der Waals surface area contributed by atoms with Gasteiger partial charge in [0.15, 0.2) is 0 Å². The summed E-state index contributed by atoms with van der Waals surface area (Å²) in [6.07, 6.45) is 4.47. The Kier molecular flexibility index (Phi) is 5.20. The first-order valence-corrected chi connectivity index (χ1v) is 7.31. The number of nitrogens with two attached hydrogens (primary N) is 1. The van der Waals surface area contributed by atoms with Crippen molar-refractivity contribution in [3.05, 3.63) is 23.0 Å².